The average Bonchev–Trinajstić information content (AvgIpc) is 4.04. The van der Waals surface area contributed by atoms with Gasteiger partial charge in [0.25, 0.3) is 0 Å². The van der Waals surface area contributed by atoms with E-state index in [0.29, 0.717) is 0 Å². The van der Waals surface area contributed by atoms with Crippen molar-refractivity contribution in [3.8, 4) is 83.7 Å². The smallest absolute Gasteiger partial charge is 0.136 e. The molecule has 0 spiro atoms. The molecule has 3 heterocycles. The Bertz CT molecular complexity index is 4090. The molecule has 0 fully saturated rings. The number of aromatic nitrogens is 3. The number of allylic oxidation sites excluding steroid dienone is 4. The minimum Gasteiger partial charge on any atom is -0.307 e. The molecule has 0 radical (unpaired) electrons. The fraction of sp³-hybridized carbons (Fsp3) is 0.0286. The van der Waals surface area contributed by atoms with Crippen molar-refractivity contribution in [3.05, 3.63) is 273 Å². The highest BCUT2D eigenvalue weighted by atomic mass is 32.1. The lowest BCUT2D eigenvalue weighted by Gasteiger charge is -2.23. The van der Waals surface area contributed by atoms with Gasteiger partial charge >= 0.3 is 0 Å². The lowest BCUT2D eigenvalue weighted by molar-refractivity contribution is 0.782. The van der Waals surface area contributed by atoms with Gasteiger partial charge in [-0.1, -0.05) is 224 Å². The molecule has 0 N–H and O–H groups in total. The quantitative estimate of drug-likeness (QED) is 0.144. The van der Waals surface area contributed by atoms with Crippen LogP contribution < -0.4 is 0 Å². The second-order valence-electron chi connectivity index (χ2n) is 19.2. The van der Waals surface area contributed by atoms with Crippen LogP contribution in [0.25, 0.3) is 126 Å². The largest absolute Gasteiger partial charge is 0.307 e. The van der Waals surface area contributed by atoms with Gasteiger partial charge < -0.3 is 4.57 Å². The molecule has 0 saturated carbocycles. The molecule has 4 heteroatoms. The normalized spacial score (nSPS) is 13.4. The van der Waals surface area contributed by atoms with Crippen molar-refractivity contribution < 1.29 is 0 Å². The van der Waals surface area contributed by atoms with Crippen LogP contribution in [0.4, 0.5) is 0 Å². The summed E-state index contributed by atoms with van der Waals surface area (Å²) < 4.78 is 4.93. The molecule has 13 aromatic rings. The molecular formula is C70H47N3S. The molecule has 348 valence electrons. The first-order valence-corrected chi connectivity index (χ1v) is 26.2. The number of benzene rings is 10. The maximum absolute atomic E-state index is 5.64. The summed E-state index contributed by atoms with van der Waals surface area (Å²) in [5, 5.41) is 3.52. The van der Waals surface area contributed by atoms with E-state index in [1.165, 1.54) is 37.7 Å². The van der Waals surface area contributed by atoms with E-state index >= 15 is 0 Å². The molecule has 1 aliphatic rings. The predicted octanol–water partition coefficient (Wildman–Crippen LogP) is 19.2. The second kappa shape index (κ2) is 18.4. The van der Waals surface area contributed by atoms with Gasteiger partial charge in [0.15, 0.2) is 0 Å². The third-order valence-corrected chi connectivity index (χ3v) is 15.8. The third kappa shape index (κ3) is 7.58. The van der Waals surface area contributed by atoms with Crippen LogP contribution in [-0.4, -0.2) is 14.5 Å². The summed E-state index contributed by atoms with van der Waals surface area (Å²) in [7, 11) is 0. The zero-order valence-corrected chi connectivity index (χ0v) is 41.3. The van der Waals surface area contributed by atoms with Crippen molar-refractivity contribution in [2.75, 3.05) is 0 Å². The van der Waals surface area contributed by atoms with Crippen LogP contribution >= 0.6 is 11.3 Å². The summed E-state index contributed by atoms with van der Waals surface area (Å²) in [6.07, 6.45) is 9.58. The Morgan fingerprint density at radius 2 is 0.811 bits per heavy atom. The van der Waals surface area contributed by atoms with Gasteiger partial charge in [0.1, 0.15) is 5.82 Å². The van der Waals surface area contributed by atoms with Crippen LogP contribution in [0.15, 0.2) is 267 Å². The monoisotopic (exact) mass is 961 g/mol. The molecule has 0 saturated heterocycles. The average molecular weight is 962 g/mol. The van der Waals surface area contributed by atoms with Crippen molar-refractivity contribution >= 4 is 53.4 Å². The Morgan fingerprint density at radius 3 is 1.28 bits per heavy atom. The molecule has 0 amide bonds. The van der Waals surface area contributed by atoms with Gasteiger partial charge in [0.05, 0.1) is 32.6 Å². The molecule has 74 heavy (non-hydrogen) atoms. The van der Waals surface area contributed by atoms with E-state index in [4.69, 9.17) is 9.97 Å². The van der Waals surface area contributed by atoms with Crippen LogP contribution in [-0.2, 0) is 0 Å². The highest BCUT2D eigenvalue weighted by molar-refractivity contribution is 7.26. The topological polar surface area (TPSA) is 30.7 Å². The maximum atomic E-state index is 5.64. The van der Waals surface area contributed by atoms with Gasteiger partial charge in [-0.25, -0.2) is 9.97 Å². The fourth-order valence-electron chi connectivity index (χ4n) is 11.2. The lowest BCUT2D eigenvalue weighted by atomic mass is 9.91. The Balaban J connectivity index is 1.19. The molecule has 1 aliphatic carbocycles. The first-order chi connectivity index (χ1) is 36.7. The summed E-state index contributed by atoms with van der Waals surface area (Å²) >= 11 is 1.78. The number of fused-ring (bicyclic) bond motifs is 6. The van der Waals surface area contributed by atoms with E-state index in [0.717, 1.165) is 100 Å². The van der Waals surface area contributed by atoms with Gasteiger partial charge in [0, 0.05) is 54.6 Å². The first kappa shape index (κ1) is 43.6. The molecule has 1 unspecified atom stereocenters. The van der Waals surface area contributed by atoms with E-state index in [1.807, 2.05) is 0 Å². The van der Waals surface area contributed by atoms with Crippen LogP contribution in [0.3, 0.4) is 0 Å². The Morgan fingerprint density at radius 1 is 0.378 bits per heavy atom. The molecule has 10 aromatic carbocycles. The minimum atomic E-state index is 0.0650. The number of nitrogens with zero attached hydrogens (tertiary/aromatic N) is 3. The summed E-state index contributed by atoms with van der Waals surface area (Å²) in [6.45, 7) is 0. The SMILES string of the molecule is C1=CCC(c2nc(-c3cc(-c4ccccc4)c(-n4c5c(-c6ccccc6)cc(-c6ccccc6)cc5c5cc(-c6ccccc6)cc(-c6ccccc6)c54)c(-c4ccccc4)c3)c3sc4ccccc4c3n2)C=C1. The highest BCUT2D eigenvalue weighted by Gasteiger charge is 2.28. The van der Waals surface area contributed by atoms with Crippen LogP contribution in [0, 0.1) is 0 Å². The lowest BCUT2D eigenvalue weighted by Crippen LogP contribution is -2.06. The number of hydrogen-bond acceptors (Lipinski definition) is 3. The number of hydrogen-bond donors (Lipinski definition) is 0. The molecule has 14 rings (SSSR count). The van der Waals surface area contributed by atoms with Gasteiger partial charge in [-0.15, -0.1) is 11.3 Å². The zero-order valence-electron chi connectivity index (χ0n) is 40.4. The molecule has 1 atom stereocenters. The van der Waals surface area contributed by atoms with Crippen molar-refractivity contribution in [1.82, 2.24) is 14.5 Å². The predicted molar refractivity (Wildman–Crippen MR) is 313 cm³/mol. The summed E-state index contributed by atoms with van der Waals surface area (Å²) in [5.41, 5.74) is 20.1. The van der Waals surface area contributed by atoms with E-state index in [1.54, 1.807) is 11.3 Å². The standard InChI is InChI=1S/C70H47N3S/c1-8-24-46(25-9-1)53-40-57(48-28-12-3-13-29-48)67-61(42-53)62-43-54(47-26-10-2-11-27-47)41-58(49-30-14-4-15-31-49)68(62)73(67)66-59(50-32-16-5-17-33-50)44-55(45-60(66)51-34-18-6-19-35-51)64-69-65(56-38-22-23-39-63(56)74-69)72-70(71-64)52-36-20-7-21-37-52/h1-36,38-45,52H,37H2. The first-order valence-electron chi connectivity index (χ1n) is 25.4. The van der Waals surface area contributed by atoms with E-state index in [2.05, 4.69) is 272 Å². The third-order valence-electron chi connectivity index (χ3n) is 14.7. The van der Waals surface area contributed by atoms with Crippen LogP contribution in [0.5, 0.6) is 0 Å². The number of thiophene rings is 1. The Kier molecular flexibility index (Phi) is 10.9. The van der Waals surface area contributed by atoms with Gasteiger partial charge in [-0.3, -0.25) is 0 Å². The minimum absolute atomic E-state index is 0.0650. The Hall–Kier alpha value is -9.22. The van der Waals surface area contributed by atoms with E-state index in [9.17, 15) is 0 Å². The van der Waals surface area contributed by atoms with Gasteiger partial charge in [-0.05, 0) is 93.4 Å². The van der Waals surface area contributed by atoms with Crippen molar-refractivity contribution in [3.63, 3.8) is 0 Å². The molecule has 3 nitrogen and oxygen atoms in total. The maximum Gasteiger partial charge on any atom is 0.136 e. The molecule has 3 aromatic heterocycles. The molecular weight excluding hydrogens is 915 g/mol. The Labute approximate surface area is 434 Å². The fourth-order valence-corrected chi connectivity index (χ4v) is 12.3. The molecule has 0 bridgehead atoms. The highest BCUT2D eigenvalue weighted by Crippen LogP contribution is 2.51. The van der Waals surface area contributed by atoms with Gasteiger partial charge in [0.2, 0.25) is 0 Å². The van der Waals surface area contributed by atoms with Crippen molar-refractivity contribution in [2.24, 2.45) is 0 Å². The summed E-state index contributed by atoms with van der Waals surface area (Å²) in [4.78, 5) is 11.0. The van der Waals surface area contributed by atoms with Crippen LogP contribution in [0.1, 0.15) is 18.2 Å². The number of rotatable bonds is 9. The van der Waals surface area contributed by atoms with Crippen molar-refractivity contribution in [1.29, 1.82) is 0 Å². The van der Waals surface area contributed by atoms with E-state index < -0.39 is 0 Å². The van der Waals surface area contributed by atoms with E-state index in [-0.39, 0.29) is 5.92 Å². The second-order valence-corrected chi connectivity index (χ2v) is 20.2. The van der Waals surface area contributed by atoms with Crippen LogP contribution in [0.2, 0.25) is 0 Å². The summed E-state index contributed by atoms with van der Waals surface area (Å²) in [5.74, 6) is 0.907. The van der Waals surface area contributed by atoms with Gasteiger partial charge in [-0.2, -0.15) is 0 Å². The summed E-state index contributed by atoms with van der Waals surface area (Å²) in [6, 6.07) is 88.8. The molecule has 0 aliphatic heterocycles. The van der Waals surface area contributed by atoms with Crippen molar-refractivity contribution in [2.45, 2.75) is 12.3 Å². The zero-order chi connectivity index (χ0) is 49.0.